The van der Waals surface area contributed by atoms with Crippen LogP contribution in [0.15, 0.2) is 47.4 Å². The Balaban J connectivity index is 1.98. The fourth-order valence-electron chi connectivity index (χ4n) is 4.06. The Morgan fingerprint density at radius 1 is 1.05 bits per heavy atom. The number of nitrogens with one attached hydrogen (secondary N) is 2. The summed E-state index contributed by atoms with van der Waals surface area (Å²) in [6.07, 6.45) is 1.63. The minimum Gasteiger partial charge on any atom is -0.455 e. The molecule has 0 unspecified atom stereocenters. The molecule has 0 aliphatic heterocycles. The van der Waals surface area contributed by atoms with Crippen molar-refractivity contribution in [2.45, 2.75) is 34.6 Å². The number of thiophene rings is 1. The van der Waals surface area contributed by atoms with Gasteiger partial charge in [-0.1, -0.05) is 0 Å². The molecule has 2 aromatic heterocycles. The van der Waals surface area contributed by atoms with Gasteiger partial charge in [0, 0.05) is 18.3 Å². The molecule has 0 radical (unpaired) electrons. The van der Waals surface area contributed by atoms with E-state index in [1.54, 1.807) is 62.7 Å². The first-order valence-corrected chi connectivity index (χ1v) is 14.4. The fraction of sp³-hybridized carbons (Fsp3) is 0.259. The SMILES string of the molecule is CCNC(=O)c1cc2c(=O)c(C)cn(-c3cc(NS(=O)(=O)CC)ccc3Oc3c(C)cc(F)cc3C)c2s1. The molecule has 4 rings (SSSR count). The van der Waals surface area contributed by atoms with Gasteiger partial charge in [-0.3, -0.25) is 14.3 Å². The minimum atomic E-state index is -3.57. The lowest BCUT2D eigenvalue weighted by Crippen LogP contribution is -2.21. The second-order valence-corrected chi connectivity index (χ2v) is 11.9. The number of carbonyl (C=O) groups excluding carboxylic acids is 1. The molecule has 8 nitrogen and oxygen atoms in total. The smallest absolute Gasteiger partial charge is 0.261 e. The molecule has 200 valence electrons. The van der Waals surface area contributed by atoms with Crippen LogP contribution < -0.4 is 20.2 Å². The summed E-state index contributed by atoms with van der Waals surface area (Å²) in [5.41, 5.74) is 2.12. The Bertz CT molecular complexity index is 1700. The number of rotatable bonds is 8. The Hall–Kier alpha value is -3.70. The van der Waals surface area contributed by atoms with Gasteiger partial charge in [0.05, 0.1) is 27.4 Å². The van der Waals surface area contributed by atoms with Gasteiger partial charge >= 0.3 is 0 Å². The van der Waals surface area contributed by atoms with Crippen LogP contribution in [0, 0.1) is 26.6 Å². The van der Waals surface area contributed by atoms with Gasteiger partial charge in [0.15, 0.2) is 11.2 Å². The first-order valence-electron chi connectivity index (χ1n) is 12.0. The number of nitrogens with zero attached hydrogens (tertiary/aromatic N) is 1. The Morgan fingerprint density at radius 2 is 1.74 bits per heavy atom. The van der Waals surface area contributed by atoms with Crippen LogP contribution in [0.3, 0.4) is 0 Å². The highest BCUT2D eigenvalue weighted by molar-refractivity contribution is 7.92. The maximum absolute atomic E-state index is 13.9. The minimum absolute atomic E-state index is 0.114. The largest absolute Gasteiger partial charge is 0.455 e. The van der Waals surface area contributed by atoms with Crippen LogP contribution in [0.2, 0.25) is 0 Å². The summed E-state index contributed by atoms with van der Waals surface area (Å²) in [5, 5.41) is 3.10. The molecular formula is C27H28FN3O5S2. The summed E-state index contributed by atoms with van der Waals surface area (Å²) in [6, 6.07) is 9.08. The number of aryl methyl sites for hydroxylation is 3. The average Bonchev–Trinajstić information content (AvgIpc) is 3.30. The highest BCUT2D eigenvalue weighted by Gasteiger charge is 2.20. The van der Waals surface area contributed by atoms with Gasteiger partial charge in [0.2, 0.25) is 10.0 Å². The molecule has 38 heavy (non-hydrogen) atoms. The zero-order valence-corrected chi connectivity index (χ0v) is 23.3. The Labute approximate surface area is 224 Å². The Kier molecular flexibility index (Phi) is 7.61. The van der Waals surface area contributed by atoms with Crippen LogP contribution in [-0.4, -0.2) is 31.2 Å². The molecule has 4 aromatic rings. The van der Waals surface area contributed by atoms with E-state index in [2.05, 4.69) is 10.0 Å². The number of fused-ring (bicyclic) bond motifs is 1. The van der Waals surface area contributed by atoms with Crippen LogP contribution in [-0.2, 0) is 10.0 Å². The molecular weight excluding hydrogens is 529 g/mol. The summed E-state index contributed by atoms with van der Waals surface area (Å²) in [5.74, 6) is 0.00993. The normalized spacial score (nSPS) is 11.5. The van der Waals surface area contributed by atoms with Crippen LogP contribution >= 0.6 is 11.3 Å². The summed E-state index contributed by atoms with van der Waals surface area (Å²) < 4.78 is 49.1. The fourth-order valence-corrected chi connectivity index (χ4v) is 5.75. The highest BCUT2D eigenvalue weighted by atomic mass is 32.2. The van der Waals surface area contributed by atoms with E-state index in [1.807, 2.05) is 0 Å². The zero-order valence-electron chi connectivity index (χ0n) is 21.6. The number of hydrogen-bond donors (Lipinski definition) is 2. The summed E-state index contributed by atoms with van der Waals surface area (Å²) >= 11 is 1.14. The second-order valence-electron chi connectivity index (χ2n) is 8.86. The quantitative estimate of drug-likeness (QED) is 0.301. The van der Waals surface area contributed by atoms with E-state index in [1.165, 1.54) is 19.1 Å². The number of benzene rings is 2. The molecule has 0 aliphatic rings. The lowest BCUT2D eigenvalue weighted by atomic mass is 10.1. The third kappa shape index (κ3) is 5.44. The standard InChI is InChI=1S/C27H28FN3O5S2/c1-6-29-26(33)23-13-20-24(32)17(5)14-31(27(20)37-23)21-12-19(30-38(34,35)7-2)8-9-22(21)36-25-15(3)10-18(28)11-16(25)4/h8-14,30H,6-7H2,1-5H3,(H,29,33). The third-order valence-electron chi connectivity index (χ3n) is 5.93. The van der Waals surface area contributed by atoms with Crippen LogP contribution in [0.4, 0.5) is 10.1 Å². The van der Waals surface area contributed by atoms with Crippen molar-refractivity contribution in [3.63, 3.8) is 0 Å². The maximum atomic E-state index is 13.9. The van der Waals surface area contributed by atoms with Crippen molar-refractivity contribution in [3.8, 4) is 17.2 Å². The van der Waals surface area contributed by atoms with Gasteiger partial charge in [-0.05, 0) is 82.1 Å². The first-order chi connectivity index (χ1) is 17.9. The van der Waals surface area contributed by atoms with Crippen LogP contribution in [0.25, 0.3) is 15.9 Å². The molecule has 11 heteroatoms. The van der Waals surface area contributed by atoms with E-state index >= 15 is 0 Å². The molecule has 0 saturated carbocycles. The Morgan fingerprint density at radius 3 is 2.37 bits per heavy atom. The molecule has 2 heterocycles. The highest BCUT2D eigenvalue weighted by Crippen LogP contribution is 2.37. The van der Waals surface area contributed by atoms with Crippen LogP contribution in [0.1, 0.15) is 40.2 Å². The predicted octanol–water partition coefficient (Wildman–Crippen LogP) is 5.42. The van der Waals surface area contributed by atoms with Crippen LogP contribution in [0.5, 0.6) is 11.5 Å². The van der Waals surface area contributed by atoms with Crippen molar-refractivity contribution in [1.82, 2.24) is 9.88 Å². The van der Waals surface area contributed by atoms with Crippen molar-refractivity contribution in [1.29, 1.82) is 0 Å². The summed E-state index contributed by atoms with van der Waals surface area (Å²) in [4.78, 5) is 26.4. The molecule has 0 bridgehead atoms. The van der Waals surface area contributed by atoms with Crippen molar-refractivity contribution >= 4 is 43.2 Å². The molecule has 0 fully saturated rings. The lowest BCUT2D eigenvalue weighted by molar-refractivity contribution is 0.0960. The molecule has 0 saturated heterocycles. The number of halogens is 1. The van der Waals surface area contributed by atoms with Gasteiger partial charge in [-0.2, -0.15) is 0 Å². The molecule has 2 aromatic carbocycles. The van der Waals surface area contributed by atoms with E-state index in [0.29, 0.717) is 61.2 Å². The van der Waals surface area contributed by atoms with Crippen molar-refractivity contribution < 1.29 is 22.3 Å². The van der Waals surface area contributed by atoms with Gasteiger partial charge < -0.3 is 14.6 Å². The maximum Gasteiger partial charge on any atom is 0.261 e. The zero-order chi connectivity index (χ0) is 27.8. The number of ether oxygens (including phenoxy) is 1. The van der Waals surface area contributed by atoms with Gasteiger partial charge in [-0.15, -0.1) is 11.3 Å². The number of sulfonamides is 1. The van der Waals surface area contributed by atoms with E-state index in [4.69, 9.17) is 4.74 Å². The molecule has 0 aliphatic carbocycles. The number of hydrogen-bond acceptors (Lipinski definition) is 6. The van der Waals surface area contributed by atoms with Crippen molar-refractivity contribution in [3.05, 3.63) is 80.2 Å². The third-order valence-corrected chi connectivity index (χ3v) is 8.37. The lowest BCUT2D eigenvalue weighted by Gasteiger charge is -2.19. The van der Waals surface area contributed by atoms with Crippen molar-refractivity contribution in [2.24, 2.45) is 0 Å². The molecule has 0 atom stereocenters. The summed E-state index contributed by atoms with van der Waals surface area (Å²) in [7, 11) is -3.57. The van der Waals surface area contributed by atoms with E-state index in [-0.39, 0.29) is 22.9 Å². The monoisotopic (exact) mass is 557 g/mol. The topological polar surface area (TPSA) is 107 Å². The summed E-state index contributed by atoms with van der Waals surface area (Å²) in [6.45, 7) is 8.90. The van der Waals surface area contributed by atoms with Gasteiger partial charge in [0.25, 0.3) is 5.91 Å². The molecule has 2 N–H and O–H groups in total. The predicted molar refractivity (Wildman–Crippen MR) is 149 cm³/mol. The number of anilines is 1. The molecule has 1 amide bonds. The van der Waals surface area contributed by atoms with Gasteiger partial charge in [-0.25, -0.2) is 12.8 Å². The number of carbonyl (C=O) groups is 1. The average molecular weight is 558 g/mol. The number of aromatic nitrogens is 1. The second kappa shape index (κ2) is 10.6. The number of pyridine rings is 1. The van der Waals surface area contributed by atoms with E-state index < -0.39 is 10.0 Å². The van der Waals surface area contributed by atoms with E-state index in [9.17, 15) is 22.4 Å². The van der Waals surface area contributed by atoms with Gasteiger partial charge in [0.1, 0.15) is 16.4 Å². The van der Waals surface area contributed by atoms with E-state index in [0.717, 1.165) is 11.3 Å². The number of amides is 1. The molecule has 0 spiro atoms. The first kappa shape index (κ1) is 27.3. The van der Waals surface area contributed by atoms with Crippen molar-refractivity contribution in [2.75, 3.05) is 17.0 Å².